The van der Waals surface area contributed by atoms with Gasteiger partial charge < -0.3 is 5.73 Å². The fourth-order valence-corrected chi connectivity index (χ4v) is 1.83. The normalized spacial score (nSPS) is 11.6. The number of benzene rings is 1. The molecule has 0 aliphatic heterocycles. The number of anilines is 1. The smallest absolute Gasteiger partial charge is 0.384 e. The zero-order valence-electron chi connectivity index (χ0n) is 9.17. The highest BCUT2D eigenvalue weighted by Crippen LogP contribution is 2.34. The lowest BCUT2D eigenvalue weighted by molar-refractivity contribution is -0.144. The molecule has 2 rings (SSSR count). The molecule has 0 aliphatic carbocycles. The van der Waals surface area contributed by atoms with Gasteiger partial charge in [-0.1, -0.05) is 35.3 Å². The van der Waals surface area contributed by atoms with Crippen molar-refractivity contribution in [2.75, 3.05) is 5.73 Å². The molecule has 0 bridgehead atoms. The summed E-state index contributed by atoms with van der Waals surface area (Å²) in [6, 6.07) is 5.76. The minimum absolute atomic E-state index is 0.0349. The first-order valence-electron chi connectivity index (χ1n) is 4.95. The zero-order valence-corrected chi connectivity index (χ0v) is 10.7. The SMILES string of the molecule is Nc1cc(-c2cccc(Cl)c2Cl)nc(C(F)(F)F)n1. The van der Waals surface area contributed by atoms with Crippen LogP contribution in [0, 0.1) is 0 Å². The summed E-state index contributed by atoms with van der Waals surface area (Å²) >= 11 is 11.7. The fourth-order valence-electron chi connectivity index (χ4n) is 1.43. The molecular weight excluding hydrogens is 302 g/mol. The lowest BCUT2D eigenvalue weighted by atomic mass is 10.1. The monoisotopic (exact) mass is 307 g/mol. The Hall–Kier alpha value is -1.53. The van der Waals surface area contributed by atoms with Crippen LogP contribution in [-0.2, 0) is 6.18 Å². The van der Waals surface area contributed by atoms with Crippen LogP contribution in [0.4, 0.5) is 19.0 Å². The number of nitrogen functional groups attached to an aromatic ring is 1. The number of hydrogen-bond acceptors (Lipinski definition) is 3. The first-order chi connectivity index (χ1) is 8.79. The maximum absolute atomic E-state index is 12.6. The molecule has 2 aromatic rings. The molecule has 3 nitrogen and oxygen atoms in total. The van der Waals surface area contributed by atoms with E-state index >= 15 is 0 Å². The molecule has 0 radical (unpaired) electrons. The summed E-state index contributed by atoms with van der Waals surface area (Å²) in [6.45, 7) is 0. The Kier molecular flexibility index (Phi) is 3.56. The second kappa shape index (κ2) is 4.86. The zero-order chi connectivity index (χ0) is 14.2. The van der Waals surface area contributed by atoms with E-state index in [2.05, 4.69) is 9.97 Å². The number of nitrogens with zero attached hydrogens (tertiary/aromatic N) is 2. The Labute approximate surface area is 116 Å². The van der Waals surface area contributed by atoms with E-state index in [9.17, 15) is 13.2 Å². The van der Waals surface area contributed by atoms with E-state index in [-0.39, 0.29) is 27.1 Å². The van der Waals surface area contributed by atoms with Crippen LogP contribution in [0.1, 0.15) is 5.82 Å². The summed E-state index contributed by atoms with van der Waals surface area (Å²) in [4.78, 5) is 6.57. The highest BCUT2D eigenvalue weighted by Gasteiger charge is 2.35. The molecule has 2 N–H and O–H groups in total. The Morgan fingerprint density at radius 3 is 2.42 bits per heavy atom. The molecule has 1 aromatic heterocycles. The Morgan fingerprint density at radius 1 is 1.11 bits per heavy atom. The number of halogens is 5. The summed E-state index contributed by atoms with van der Waals surface area (Å²) in [5, 5.41) is 0.320. The average Bonchev–Trinajstić information content (AvgIpc) is 2.31. The minimum atomic E-state index is -4.69. The predicted molar refractivity (Wildman–Crippen MR) is 66.9 cm³/mol. The van der Waals surface area contributed by atoms with Crippen molar-refractivity contribution in [1.29, 1.82) is 0 Å². The van der Waals surface area contributed by atoms with E-state index in [0.29, 0.717) is 0 Å². The lowest BCUT2D eigenvalue weighted by Crippen LogP contribution is -2.13. The molecule has 0 aliphatic rings. The molecule has 0 saturated heterocycles. The van der Waals surface area contributed by atoms with E-state index in [1.807, 2.05) is 0 Å². The molecule has 100 valence electrons. The standard InChI is InChI=1S/C11H6Cl2F3N3/c12-6-3-1-2-5(9(6)13)7-4-8(17)19-10(18-7)11(14,15)16/h1-4H,(H2,17,18,19). The third-order valence-corrected chi connectivity index (χ3v) is 3.05. The van der Waals surface area contributed by atoms with Crippen molar-refractivity contribution >= 4 is 29.0 Å². The molecule has 0 saturated carbocycles. The van der Waals surface area contributed by atoms with Crippen LogP contribution in [0.5, 0.6) is 0 Å². The number of rotatable bonds is 1. The van der Waals surface area contributed by atoms with Gasteiger partial charge in [0.25, 0.3) is 0 Å². The summed E-state index contributed by atoms with van der Waals surface area (Å²) in [7, 11) is 0. The third-order valence-electron chi connectivity index (χ3n) is 2.23. The summed E-state index contributed by atoms with van der Waals surface area (Å²) < 4.78 is 37.8. The summed E-state index contributed by atoms with van der Waals surface area (Å²) in [6.07, 6.45) is -4.69. The van der Waals surface area contributed by atoms with Gasteiger partial charge in [0.15, 0.2) is 0 Å². The second-order valence-electron chi connectivity index (χ2n) is 3.60. The van der Waals surface area contributed by atoms with E-state index in [4.69, 9.17) is 28.9 Å². The van der Waals surface area contributed by atoms with Crippen molar-refractivity contribution in [1.82, 2.24) is 9.97 Å². The molecule has 19 heavy (non-hydrogen) atoms. The van der Waals surface area contributed by atoms with Crippen molar-refractivity contribution in [3.63, 3.8) is 0 Å². The molecule has 0 atom stereocenters. The van der Waals surface area contributed by atoms with Crippen LogP contribution >= 0.6 is 23.2 Å². The van der Waals surface area contributed by atoms with Crippen LogP contribution < -0.4 is 5.73 Å². The van der Waals surface area contributed by atoms with Gasteiger partial charge in [-0.3, -0.25) is 0 Å². The van der Waals surface area contributed by atoms with Crippen molar-refractivity contribution in [2.45, 2.75) is 6.18 Å². The van der Waals surface area contributed by atoms with Gasteiger partial charge >= 0.3 is 6.18 Å². The Balaban J connectivity index is 2.63. The van der Waals surface area contributed by atoms with Crippen LogP contribution in [0.2, 0.25) is 10.0 Å². The third kappa shape index (κ3) is 2.90. The highest BCUT2D eigenvalue weighted by molar-refractivity contribution is 6.43. The molecule has 0 unspecified atom stereocenters. The quantitative estimate of drug-likeness (QED) is 0.864. The average molecular weight is 308 g/mol. The van der Waals surface area contributed by atoms with Gasteiger partial charge in [0.05, 0.1) is 15.7 Å². The molecule has 0 amide bonds. The predicted octanol–water partition coefficient (Wildman–Crippen LogP) is 4.05. The first kappa shape index (κ1) is 13.9. The lowest BCUT2D eigenvalue weighted by Gasteiger charge is -2.10. The maximum atomic E-state index is 12.6. The Bertz CT molecular complexity index is 629. The molecule has 0 spiro atoms. The van der Waals surface area contributed by atoms with Gasteiger partial charge in [0.2, 0.25) is 5.82 Å². The summed E-state index contributed by atoms with van der Waals surface area (Å²) in [5.41, 5.74) is 5.58. The largest absolute Gasteiger partial charge is 0.451 e. The molecular formula is C11H6Cl2F3N3. The summed E-state index contributed by atoms with van der Waals surface area (Å²) in [5.74, 6) is -1.62. The van der Waals surface area contributed by atoms with Crippen molar-refractivity contribution in [3.05, 3.63) is 40.1 Å². The number of alkyl halides is 3. The second-order valence-corrected chi connectivity index (χ2v) is 4.39. The molecule has 0 fully saturated rings. The highest BCUT2D eigenvalue weighted by atomic mass is 35.5. The van der Waals surface area contributed by atoms with Gasteiger partial charge in [-0.15, -0.1) is 0 Å². The van der Waals surface area contributed by atoms with E-state index in [1.54, 1.807) is 6.07 Å². The minimum Gasteiger partial charge on any atom is -0.384 e. The number of nitrogens with two attached hydrogens (primary N) is 1. The maximum Gasteiger partial charge on any atom is 0.451 e. The van der Waals surface area contributed by atoms with Gasteiger partial charge in [-0.25, -0.2) is 9.97 Å². The van der Waals surface area contributed by atoms with Crippen LogP contribution in [0.25, 0.3) is 11.3 Å². The number of hydrogen-bond donors (Lipinski definition) is 1. The fraction of sp³-hybridized carbons (Fsp3) is 0.0909. The van der Waals surface area contributed by atoms with Gasteiger partial charge in [0, 0.05) is 11.6 Å². The first-order valence-corrected chi connectivity index (χ1v) is 5.71. The molecule has 1 heterocycles. The van der Waals surface area contributed by atoms with Crippen LogP contribution in [0.15, 0.2) is 24.3 Å². The van der Waals surface area contributed by atoms with Crippen LogP contribution in [-0.4, -0.2) is 9.97 Å². The van der Waals surface area contributed by atoms with Crippen molar-refractivity contribution < 1.29 is 13.2 Å². The van der Waals surface area contributed by atoms with E-state index in [1.165, 1.54) is 18.2 Å². The van der Waals surface area contributed by atoms with Crippen molar-refractivity contribution in [2.24, 2.45) is 0 Å². The Morgan fingerprint density at radius 2 is 1.79 bits per heavy atom. The number of aromatic nitrogens is 2. The van der Waals surface area contributed by atoms with Gasteiger partial charge in [-0.05, 0) is 6.07 Å². The van der Waals surface area contributed by atoms with E-state index in [0.717, 1.165) is 0 Å². The topological polar surface area (TPSA) is 51.8 Å². The van der Waals surface area contributed by atoms with E-state index < -0.39 is 12.0 Å². The van der Waals surface area contributed by atoms with Crippen LogP contribution in [0.3, 0.4) is 0 Å². The van der Waals surface area contributed by atoms with Gasteiger partial charge in [-0.2, -0.15) is 13.2 Å². The van der Waals surface area contributed by atoms with Gasteiger partial charge in [0.1, 0.15) is 5.82 Å². The molecule has 1 aromatic carbocycles. The molecule has 8 heteroatoms. The van der Waals surface area contributed by atoms with Crippen molar-refractivity contribution in [3.8, 4) is 11.3 Å².